The maximum Gasteiger partial charge on any atom is 0.214 e. The average Bonchev–Trinajstić information content (AvgIpc) is 2.76. The largest absolute Gasteiger partial charge is 0.489 e. The lowest BCUT2D eigenvalue weighted by Gasteiger charge is -2.17. The van der Waals surface area contributed by atoms with Gasteiger partial charge in [-0.25, -0.2) is 0 Å². The number of fused-ring (bicyclic) bond motifs is 1. The Balaban J connectivity index is 2.39. The molecule has 1 heterocycles. The number of ether oxygens (including phenoxy) is 1. The van der Waals surface area contributed by atoms with Gasteiger partial charge < -0.3 is 9.64 Å². The van der Waals surface area contributed by atoms with Crippen LogP contribution in [0, 0.1) is 13.8 Å². The Morgan fingerprint density at radius 3 is 2.89 bits per heavy atom. The number of benzene rings is 1. The highest BCUT2D eigenvalue weighted by atomic mass is 16.5. The summed E-state index contributed by atoms with van der Waals surface area (Å²) in [5.74, 6) is 0.905. The minimum atomic E-state index is 0.538. The van der Waals surface area contributed by atoms with Crippen molar-refractivity contribution in [2.24, 2.45) is 0 Å². The van der Waals surface area contributed by atoms with Gasteiger partial charge in [0.2, 0.25) is 6.41 Å². The van der Waals surface area contributed by atoms with E-state index in [4.69, 9.17) is 4.74 Å². The molecule has 0 atom stereocenters. The molecule has 1 amide bonds. The Labute approximate surface area is 108 Å². The maximum atomic E-state index is 11.0. The normalized spacial score (nSPS) is 13.4. The first kappa shape index (κ1) is 12.7. The molecule has 0 fully saturated rings. The van der Waals surface area contributed by atoms with E-state index in [9.17, 15) is 4.79 Å². The molecule has 2 rings (SSSR count). The summed E-state index contributed by atoms with van der Waals surface area (Å²) in [6.07, 6.45) is 1.82. The number of anilines is 1. The number of hydrogen-bond acceptors (Lipinski definition) is 2. The number of carbonyl (C=O) groups excluding carboxylic acids is 1. The third-order valence-electron chi connectivity index (χ3n) is 3.32. The zero-order valence-corrected chi connectivity index (χ0v) is 11.2. The van der Waals surface area contributed by atoms with E-state index in [-0.39, 0.29) is 0 Å². The third-order valence-corrected chi connectivity index (χ3v) is 3.32. The zero-order chi connectivity index (χ0) is 13.3. The monoisotopic (exact) mass is 245 g/mol. The number of rotatable bonds is 4. The van der Waals surface area contributed by atoms with Gasteiger partial charge in [-0.05, 0) is 55.5 Å². The molecular formula is C15H19NO2. The van der Waals surface area contributed by atoms with Crippen LogP contribution in [0.25, 0.3) is 0 Å². The summed E-state index contributed by atoms with van der Waals surface area (Å²) in [6, 6.07) is 2.01. The predicted molar refractivity (Wildman–Crippen MR) is 73.3 cm³/mol. The van der Waals surface area contributed by atoms with Crippen LogP contribution >= 0.6 is 0 Å². The van der Waals surface area contributed by atoms with Crippen molar-refractivity contribution in [2.75, 3.05) is 18.1 Å². The van der Waals surface area contributed by atoms with Crippen molar-refractivity contribution >= 4 is 12.1 Å². The lowest BCUT2D eigenvalue weighted by molar-refractivity contribution is -0.107. The van der Waals surface area contributed by atoms with E-state index in [1.165, 1.54) is 5.56 Å². The van der Waals surface area contributed by atoms with Crippen LogP contribution in [0.3, 0.4) is 0 Å². The predicted octanol–water partition coefficient (Wildman–Crippen LogP) is 2.78. The van der Waals surface area contributed by atoms with Gasteiger partial charge in [-0.1, -0.05) is 6.58 Å². The number of hydrogen-bond donors (Lipinski definition) is 0. The van der Waals surface area contributed by atoms with Crippen LogP contribution in [0.2, 0.25) is 0 Å². The highest BCUT2D eigenvalue weighted by Crippen LogP contribution is 2.38. The fourth-order valence-electron chi connectivity index (χ4n) is 2.44. The van der Waals surface area contributed by atoms with Crippen LogP contribution in [0.15, 0.2) is 18.2 Å². The van der Waals surface area contributed by atoms with Crippen molar-refractivity contribution in [3.63, 3.8) is 0 Å². The summed E-state index contributed by atoms with van der Waals surface area (Å²) in [5.41, 5.74) is 5.53. The van der Waals surface area contributed by atoms with Crippen molar-refractivity contribution in [1.82, 2.24) is 0 Å². The van der Waals surface area contributed by atoms with E-state index in [0.717, 1.165) is 47.5 Å². The van der Waals surface area contributed by atoms with E-state index < -0.39 is 0 Å². The van der Waals surface area contributed by atoms with Gasteiger partial charge in [0, 0.05) is 6.54 Å². The summed E-state index contributed by atoms with van der Waals surface area (Å²) in [5, 5.41) is 0. The van der Waals surface area contributed by atoms with E-state index in [1.807, 2.05) is 19.9 Å². The zero-order valence-electron chi connectivity index (χ0n) is 11.2. The molecule has 0 saturated carbocycles. The lowest BCUT2D eigenvalue weighted by Crippen LogP contribution is -2.18. The highest BCUT2D eigenvalue weighted by Gasteiger charge is 2.24. The Morgan fingerprint density at radius 1 is 1.56 bits per heavy atom. The van der Waals surface area contributed by atoms with Crippen LogP contribution in [-0.4, -0.2) is 19.6 Å². The van der Waals surface area contributed by atoms with Gasteiger partial charge in [-0.2, -0.15) is 0 Å². The molecule has 3 heteroatoms. The Bertz CT molecular complexity index is 506. The number of amides is 1. The molecule has 1 aliphatic heterocycles. The van der Waals surface area contributed by atoms with Gasteiger partial charge in [0.15, 0.2) is 0 Å². The summed E-state index contributed by atoms with van der Waals surface area (Å²) in [4.78, 5) is 12.8. The fourth-order valence-corrected chi connectivity index (χ4v) is 2.44. The lowest BCUT2D eigenvalue weighted by atomic mass is 10.0. The first-order valence-electron chi connectivity index (χ1n) is 6.16. The van der Waals surface area contributed by atoms with E-state index >= 15 is 0 Å². The second-order valence-corrected chi connectivity index (χ2v) is 4.94. The smallest absolute Gasteiger partial charge is 0.214 e. The summed E-state index contributed by atoms with van der Waals surface area (Å²) >= 11 is 0. The van der Waals surface area contributed by atoms with Crippen LogP contribution in [0.1, 0.15) is 23.6 Å². The second-order valence-electron chi connectivity index (χ2n) is 4.94. The van der Waals surface area contributed by atoms with Crippen molar-refractivity contribution in [1.29, 1.82) is 0 Å². The van der Waals surface area contributed by atoms with Crippen molar-refractivity contribution in [3.05, 3.63) is 34.9 Å². The first-order chi connectivity index (χ1) is 8.54. The SMILES string of the molecule is C=C(C)COc1cc(C)c2c(c1C)CCN2C=O. The van der Waals surface area contributed by atoms with Gasteiger partial charge in [-0.3, -0.25) is 4.79 Å². The quantitative estimate of drug-likeness (QED) is 0.603. The van der Waals surface area contributed by atoms with Crippen LogP contribution < -0.4 is 9.64 Å². The molecule has 1 aromatic rings. The molecule has 0 N–H and O–H groups in total. The molecule has 18 heavy (non-hydrogen) atoms. The third kappa shape index (κ3) is 2.13. The summed E-state index contributed by atoms with van der Waals surface area (Å²) in [6.45, 7) is 11.2. The van der Waals surface area contributed by atoms with Crippen molar-refractivity contribution < 1.29 is 9.53 Å². The van der Waals surface area contributed by atoms with Gasteiger partial charge in [0.05, 0.1) is 5.69 Å². The van der Waals surface area contributed by atoms with Gasteiger partial charge in [-0.15, -0.1) is 0 Å². The van der Waals surface area contributed by atoms with E-state index in [2.05, 4.69) is 13.5 Å². The Hall–Kier alpha value is -1.77. The van der Waals surface area contributed by atoms with Crippen molar-refractivity contribution in [2.45, 2.75) is 27.2 Å². The highest BCUT2D eigenvalue weighted by molar-refractivity contribution is 5.83. The number of aryl methyl sites for hydroxylation is 1. The molecule has 3 nitrogen and oxygen atoms in total. The molecule has 0 radical (unpaired) electrons. The molecule has 1 aromatic carbocycles. The summed E-state index contributed by atoms with van der Waals surface area (Å²) in [7, 11) is 0. The van der Waals surface area contributed by atoms with E-state index in [0.29, 0.717) is 6.61 Å². The molecule has 96 valence electrons. The fraction of sp³-hybridized carbons (Fsp3) is 0.400. The molecule has 0 bridgehead atoms. The molecule has 0 aliphatic carbocycles. The van der Waals surface area contributed by atoms with Gasteiger partial charge >= 0.3 is 0 Å². The minimum Gasteiger partial charge on any atom is -0.489 e. The van der Waals surface area contributed by atoms with Crippen LogP contribution in [0.4, 0.5) is 5.69 Å². The standard InChI is InChI=1S/C15H19NO2/c1-10(2)8-18-14-7-11(3)15-13(12(14)4)5-6-16(15)9-17/h7,9H,1,5-6,8H2,2-4H3. The van der Waals surface area contributed by atoms with Crippen LogP contribution in [0.5, 0.6) is 5.75 Å². The first-order valence-corrected chi connectivity index (χ1v) is 6.16. The Kier molecular flexibility index (Phi) is 3.41. The minimum absolute atomic E-state index is 0.538. The van der Waals surface area contributed by atoms with Gasteiger partial charge in [0.1, 0.15) is 12.4 Å². The van der Waals surface area contributed by atoms with E-state index in [1.54, 1.807) is 4.90 Å². The molecule has 1 aliphatic rings. The molecular weight excluding hydrogens is 226 g/mol. The molecule has 0 aromatic heterocycles. The average molecular weight is 245 g/mol. The molecule has 0 spiro atoms. The topological polar surface area (TPSA) is 29.5 Å². The molecule has 0 unspecified atom stereocenters. The molecule has 0 saturated heterocycles. The van der Waals surface area contributed by atoms with Gasteiger partial charge in [0.25, 0.3) is 0 Å². The van der Waals surface area contributed by atoms with Crippen LogP contribution in [-0.2, 0) is 11.2 Å². The summed E-state index contributed by atoms with van der Waals surface area (Å²) < 4.78 is 5.77. The Morgan fingerprint density at radius 2 is 2.28 bits per heavy atom. The maximum absolute atomic E-state index is 11.0. The number of carbonyl (C=O) groups is 1. The van der Waals surface area contributed by atoms with Crippen molar-refractivity contribution in [3.8, 4) is 5.75 Å². The second kappa shape index (κ2) is 4.84. The number of nitrogens with zero attached hydrogens (tertiary/aromatic N) is 1.